The Hall–Kier alpha value is -1.14. The van der Waals surface area contributed by atoms with E-state index < -0.39 is 0 Å². The van der Waals surface area contributed by atoms with Crippen LogP contribution in [0.3, 0.4) is 0 Å². The quantitative estimate of drug-likeness (QED) is 0.636. The van der Waals surface area contributed by atoms with Gasteiger partial charge in [-0.3, -0.25) is 0 Å². The summed E-state index contributed by atoms with van der Waals surface area (Å²) in [6.07, 6.45) is 1.25. The number of hydrogen-bond donors (Lipinski definition) is 2. The monoisotopic (exact) mass is 355 g/mol. The third-order valence-electron chi connectivity index (χ3n) is 3.77. The molecule has 5 nitrogen and oxygen atoms in total. The molecule has 1 aromatic rings. The van der Waals surface area contributed by atoms with Crippen LogP contribution in [0.25, 0.3) is 0 Å². The molecule has 0 aliphatic carbocycles. The second-order valence-corrected chi connectivity index (χ2v) is 7.75. The van der Waals surface area contributed by atoms with Gasteiger partial charge >= 0.3 is 0 Å². The van der Waals surface area contributed by atoms with Crippen LogP contribution < -0.4 is 15.5 Å². The maximum atomic E-state index is 6.17. The van der Waals surface area contributed by atoms with Crippen molar-refractivity contribution in [1.82, 2.24) is 15.3 Å². The van der Waals surface area contributed by atoms with Gasteiger partial charge in [-0.2, -0.15) is 4.98 Å². The third kappa shape index (κ3) is 5.77. The van der Waals surface area contributed by atoms with Crippen molar-refractivity contribution in [3.05, 3.63) is 11.2 Å². The first-order chi connectivity index (χ1) is 10.8. The van der Waals surface area contributed by atoms with Crippen LogP contribution in [0, 0.1) is 17.8 Å². The Morgan fingerprint density at radius 1 is 1.35 bits per heavy atom. The van der Waals surface area contributed by atoms with Crippen molar-refractivity contribution in [3.8, 4) is 0 Å². The van der Waals surface area contributed by atoms with Crippen LogP contribution in [-0.4, -0.2) is 34.7 Å². The molecule has 1 fully saturated rings. The molecule has 0 amide bonds. The van der Waals surface area contributed by atoms with Gasteiger partial charge < -0.3 is 15.5 Å². The van der Waals surface area contributed by atoms with E-state index in [1.165, 1.54) is 6.42 Å². The Morgan fingerprint density at radius 3 is 2.61 bits per heavy atom. The van der Waals surface area contributed by atoms with Crippen molar-refractivity contribution in [2.75, 3.05) is 29.9 Å². The zero-order valence-corrected chi connectivity index (χ0v) is 15.8. The van der Waals surface area contributed by atoms with E-state index in [1.54, 1.807) is 0 Å². The van der Waals surface area contributed by atoms with Crippen LogP contribution >= 0.6 is 23.8 Å². The number of nitrogens with zero attached hydrogens (tertiary/aromatic N) is 3. The van der Waals surface area contributed by atoms with Crippen molar-refractivity contribution < 1.29 is 0 Å². The van der Waals surface area contributed by atoms with Gasteiger partial charge in [-0.05, 0) is 36.4 Å². The molecule has 2 heterocycles. The van der Waals surface area contributed by atoms with E-state index >= 15 is 0 Å². The highest BCUT2D eigenvalue weighted by Gasteiger charge is 2.23. The Balaban J connectivity index is 2.08. The molecule has 1 aliphatic heterocycles. The van der Waals surface area contributed by atoms with E-state index in [2.05, 4.69) is 53.2 Å². The number of thiocarbonyl (C=S) groups is 1. The van der Waals surface area contributed by atoms with Gasteiger partial charge in [0.25, 0.3) is 0 Å². The molecule has 0 bridgehead atoms. The van der Waals surface area contributed by atoms with Gasteiger partial charge in [-0.15, -0.1) is 0 Å². The number of hydrogen-bond acceptors (Lipinski definition) is 4. The number of anilines is 2. The van der Waals surface area contributed by atoms with Gasteiger partial charge in [0.2, 0.25) is 5.95 Å². The highest BCUT2D eigenvalue weighted by atomic mass is 35.5. The molecule has 7 heteroatoms. The van der Waals surface area contributed by atoms with Gasteiger partial charge in [0, 0.05) is 25.7 Å². The van der Waals surface area contributed by atoms with Crippen molar-refractivity contribution in [1.29, 1.82) is 0 Å². The summed E-state index contributed by atoms with van der Waals surface area (Å²) in [4.78, 5) is 11.1. The second-order valence-electron chi connectivity index (χ2n) is 6.95. The zero-order chi connectivity index (χ0) is 17.0. The van der Waals surface area contributed by atoms with Gasteiger partial charge in [-0.25, -0.2) is 4.98 Å². The number of piperidine rings is 1. The Bertz CT molecular complexity index is 541. The smallest absolute Gasteiger partial charge is 0.232 e. The van der Waals surface area contributed by atoms with E-state index in [9.17, 15) is 0 Å². The molecule has 0 unspecified atom stereocenters. The molecular formula is C16H26ClN5S. The van der Waals surface area contributed by atoms with E-state index in [1.807, 2.05) is 6.07 Å². The topological polar surface area (TPSA) is 53.1 Å². The minimum atomic E-state index is 0.426. The molecule has 2 rings (SSSR count). The molecule has 0 aromatic carbocycles. The second kappa shape index (κ2) is 8.11. The molecule has 1 saturated heterocycles. The van der Waals surface area contributed by atoms with E-state index in [4.69, 9.17) is 23.8 Å². The third-order valence-corrected chi connectivity index (χ3v) is 4.21. The molecule has 0 radical (unpaired) electrons. The number of rotatable bonds is 4. The summed E-state index contributed by atoms with van der Waals surface area (Å²) in [7, 11) is 0. The van der Waals surface area contributed by atoms with Crippen LogP contribution in [-0.2, 0) is 0 Å². The zero-order valence-electron chi connectivity index (χ0n) is 14.3. The molecule has 2 N–H and O–H groups in total. The molecule has 2 atom stereocenters. The molecule has 0 saturated carbocycles. The van der Waals surface area contributed by atoms with Gasteiger partial charge in [0.05, 0.1) is 0 Å². The maximum Gasteiger partial charge on any atom is 0.232 e. The Morgan fingerprint density at radius 2 is 2.00 bits per heavy atom. The fraction of sp³-hybridized carbons (Fsp3) is 0.688. The number of aromatic nitrogens is 2. The van der Waals surface area contributed by atoms with E-state index in [-0.39, 0.29) is 0 Å². The van der Waals surface area contributed by atoms with Crippen LogP contribution in [0.4, 0.5) is 11.8 Å². The Kier molecular flexibility index (Phi) is 6.41. The van der Waals surface area contributed by atoms with Gasteiger partial charge in [-0.1, -0.05) is 39.3 Å². The molecule has 1 aliphatic rings. The lowest BCUT2D eigenvalue weighted by Gasteiger charge is -2.35. The highest BCUT2D eigenvalue weighted by molar-refractivity contribution is 7.80. The molecule has 23 heavy (non-hydrogen) atoms. The summed E-state index contributed by atoms with van der Waals surface area (Å²) in [6, 6.07) is 1.82. The minimum absolute atomic E-state index is 0.426. The van der Waals surface area contributed by atoms with Crippen molar-refractivity contribution in [2.45, 2.75) is 34.1 Å². The van der Waals surface area contributed by atoms with E-state index in [0.717, 1.165) is 25.5 Å². The summed E-state index contributed by atoms with van der Waals surface area (Å²) in [6.45, 7) is 11.6. The molecule has 0 spiro atoms. The van der Waals surface area contributed by atoms with Crippen LogP contribution in [0.15, 0.2) is 6.07 Å². The highest BCUT2D eigenvalue weighted by Crippen LogP contribution is 2.26. The maximum absolute atomic E-state index is 6.17. The fourth-order valence-corrected chi connectivity index (χ4v) is 3.27. The predicted molar refractivity (Wildman–Crippen MR) is 101 cm³/mol. The van der Waals surface area contributed by atoms with E-state index in [0.29, 0.717) is 34.0 Å². The van der Waals surface area contributed by atoms with Crippen LogP contribution in [0.2, 0.25) is 5.15 Å². The lowest BCUT2D eigenvalue weighted by Crippen LogP contribution is -2.39. The summed E-state index contributed by atoms with van der Waals surface area (Å²) < 4.78 is 0. The number of halogens is 1. The first-order valence-corrected chi connectivity index (χ1v) is 8.96. The average Bonchev–Trinajstić information content (AvgIpc) is 2.43. The van der Waals surface area contributed by atoms with Crippen molar-refractivity contribution >= 4 is 40.7 Å². The standard InChI is InChI=1S/C16H26ClN5S/c1-10(2)7-18-16(23)21-15-19-13(17)6-14(20-15)22-8-11(3)5-12(4)9-22/h6,10-12H,5,7-9H2,1-4H3,(H2,18,19,20,21,23)/t11-,12-/m1/s1. The average molecular weight is 356 g/mol. The summed E-state index contributed by atoms with van der Waals surface area (Å²) >= 11 is 11.4. The van der Waals surface area contributed by atoms with Crippen LogP contribution in [0.5, 0.6) is 0 Å². The largest absolute Gasteiger partial charge is 0.362 e. The lowest BCUT2D eigenvalue weighted by molar-refractivity contribution is 0.355. The van der Waals surface area contributed by atoms with Crippen LogP contribution in [0.1, 0.15) is 34.1 Å². The molecule has 1 aromatic heterocycles. The minimum Gasteiger partial charge on any atom is -0.362 e. The summed E-state index contributed by atoms with van der Waals surface area (Å²) in [5, 5.41) is 7.12. The SMILES string of the molecule is CC(C)CNC(=S)Nc1nc(Cl)cc(N2C[C@H](C)C[C@@H](C)C2)n1. The first-order valence-electron chi connectivity index (χ1n) is 8.18. The predicted octanol–water partition coefficient (Wildman–Crippen LogP) is 3.55. The van der Waals surface area contributed by atoms with Crippen molar-refractivity contribution in [2.24, 2.45) is 17.8 Å². The Labute approximate surface area is 149 Å². The summed E-state index contributed by atoms with van der Waals surface area (Å²) in [5.41, 5.74) is 0. The number of nitrogens with one attached hydrogen (secondary N) is 2. The van der Waals surface area contributed by atoms with Gasteiger partial charge in [0.1, 0.15) is 11.0 Å². The first kappa shape index (κ1) is 18.2. The molecular weight excluding hydrogens is 330 g/mol. The van der Waals surface area contributed by atoms with Gasteiger partial charge in [0.15, 0.2) is 5.11 Å². The lowest BCUT2D eigenvalue weighted by atomic mass is 9.92. The normalized spacial score (nSPS) is 21.4. The van der Waals surface area contributed by atoms with Crippen molar-refractivity contribution in [3.63, 3.8) is 0 Å². The summed E-state index contributed by atoms with van der Waals surface area (Å²) in [5.74, 6) is 3.12. The fourth-order valence-electron chi connectivity index (χ4n) is 2.92. The molecule has 128 valence electrons.